The summed E-state index contributed by atoms with van der Waals surface area (Å²) in [5.74, 6) is -0.906. The van der Waals surface area contributed by atoms with E-state index in [1.807, 2.05) is 29.1 Å². The standard InChI is InChI=1S/C19H16ClN5O2S2/c20-16-3-2-15(29-16)19-23-7-12(28-19)8-25-9-14(24-10-25)13(5-18(26)27)11-1-4-17(21)22-6-11/h1-4,6-7,9-10,13H,5,8H2,(H2,21,22)(H,26,27). The van der Waals surface area contributed by atoms with Gasteiger partial charge in [0.25, 0.3) is 0 Å². The molecule has 0 aliphatic rings. The Kier molecular flexibility index (Phi) is 5.61. The molecule has 0 bridgehead atoms. The molecule has 0 radical (unpaired) electrons. The molecule has 0 fully saturated rings. The van der Waals surface area contributed by atoms with E-state index < -0.39 is 11.9 Å². The molecule has 0 saturated carbocycles. The molecule has 0 aliphatic heterocycles. The van der Waals surface area contributed by atoms with Crippen LogP contribution in [0.3, 0.4) is 0 Å². The highest BCUT2D eigenvalue weighted by Crippen LogP contribution is 2.34. The Balaban J connectivity index is 1.54. The molecule has 29 heavy (non-hydrogen) atoms. The fraction of sp³-hybridized carbons (Fsp3) is 0.158. The predicted octanol–water partition coefficient (Wildman–Crippen LogP) is 4.35. The summed E-state index contributed by atoms with van der Waals surface area (Å²) in [6.07, 6.45) is 6.93. The maximum atomic E-state index is 11.4. The Morgan fingerprint density at radius 3 is 2.72 bits per heavy atom. The van der Waals surface area contributed by atoms with Crippen LogP contribution in [0.15, 0.2) is 49.2 Å². The highest BCUT2D eigenvalue weighted by Gasteiger charge is 2.21. The lowest BCUT2D eigenvalue weighted by Crippen LogP contribution is -2.09. The second-order valence-corrected chi connectivity index (χ2v) is 9.20. The third kappa shape index (κ3) is 4.64. The average molecular weight is 446 g/mol. The lowest BCUT2D eigenvalue weighted by molar-refractivity contribution is -0.137. The molecule has 0 spiro atoms. The molecule has 4 rings (SSSR count). The quantitative estimate of drug-likeness (QED) is 0.437. The van der Waals surface area contributed by atoms with Crippen LogP contribution < -0.4 is 5.73 Å². The van der Waals surface area contributed by atoms with Crippen LogP contribution in [-0.2, 0) is 11.3 Å². The van der Waals surface area contributed by atoms with Crippen LogP contribution in [0.25, 0.3) is 9.88 Å². The molecule has 0 saturated heterocycles. The van der Waals surface area contributed by atoms with Gasteiger partial charge in [0.15, 0.2) is 0 Å². The molecular formula is C19H16ClN5O2S2. The SMILES string of the molecule is Nc1ccc(C(CC(=O)O)c2cn(Cc3cnc(-c4ccc(Cl)s4)s3)cn2)cn1. The normalized spacial score (nSPS) is 12.2. The first-order valence-corrected chi connectivity index (χ1v) is 10.6. The van der Waals surface area contributed by atoms with Crippen LogP contribution in [-0.4, -0.2) is 30.6 Å². The van der Waals surface area contributed by atoms with Crippen molar-refractivity contribution < 1.29 is 9.90 Å². The number of rotatable bonds is 7. The largest absolute Gasteiger partial charge is 0.481 e. The summed E-state index contributed by atoms with van der Waals surface area (Å²) in [4.78, 5) is 26.5. The third-order valence-corrected chi connectivity index (χ3v) is 6.66. The van der Waals surface area contributed by atoms with Crippen LogP contribution in [0.2, 0.25) is 4.34 Å². The number of nitrogen functional groups attached to an aromatic ring is 1. The monoisotopic (exact) mass is 445 g/mol. The van der Waals surface area contributed by atoms with Crippen LogP contribution in [0, 0.1) is 0 Å². The van der Waals surface area contributed by atoms with Gasteiger partial charge < -0.3 is 15.4 Å². The number of nitrogens with zero attached hydrogens (tertiary/aromatic N) is 4. The van der Waals surface area contributed by atoms with Crippen molar-refractivity contribution in [1.29, 1.82) is 0 Å². The van der Waals surface area contributed by atoms with E-state index in [1.165, 1.54) is 11.3 Å². The average Bonchev–Trinajstić information content (AvgIpc) is 3.42. The number of imidazole rings is 1. The number of aliphatic carboxylic acids is 1. The summed E-state index contributed by atoms with van der Waals surface area (Å²) in [6, 6.07) is 7.27. The van der Waals surface area contributed by atoms with Crippen molar-refractivity contribution in [3.8, 4) is 9.88 Å². The number of nitrogens with two attached hydrogens (primary N) is 1. The number of thiophene rings is 1. The Morgan fingerprint density at radius 2 is 2.03 bits per heavy atom. The summed E-state index contributed by atoms with van der Waals surface area (Å²) in [5.41, 5.74) is 7.08. The summed E-state index contributed by atoms with van der Waals surface area (Å²) in [7, 11) is 0. The molecule has 7 nitrogen and oxygen atoms in total. The fourth-order valence-corrected chi connectivity index (χ4v) is 4.96. The Bertz CT molecular complexity index is 1140. The zero-order chi connectivity index (χ0) is 20.4. The maximum absolute atomic E-state index is 11.4. The molecule has 10 heteroatoms. The zero-order valence-corrected chi connectivity index (χ0v) is 17.4. The molecule has 4 aromatic heterocycles. The minimum atomic E-state index is -0.900. The smallest absolute Gasteiger partial charge is 0.304 e. The molecule has 0 aliphatic carbocycles. The minimum Gasteiger partial charge on any atom is -0.481 e. The first-order chi connectivity index (χ1) is 14.0. The molecule has 0 amide bonds. The molecule has 3 N–H and O–H groups in total. The Hall–Kier alpha value is -2.75. The summed E-state index contributed by atoms with van der Waals surface area (Å²) < 4.78 is 2.66. The van der Waals surface area contributed by atoms with Crippen LogP contribution in [0.1, 0.15) is 28.5 Å². The number of thiazole rings is 1. The number of anilines is 1. The van der Waals surface area contributed by atoms with E-state index in [0.29, 0.717) is 18.1 Å². The predicted molar refractivity (Wildman–Crippen MR) is 115 cm³/mol. The van der Waals surface area contributed by atoms with E-state index in [0.717, 1.165) is 24.7 Å². The van der Waals surface area contributed by atoms with Crippen molar-refractivity contribution in [1.82, 2.24) is 19.5 Å². The highest BCUT2D eigenvalue weighted by atomic mass is 35.5. The molecule has 1 atom stereocenters. The third-order valence-electron chi connectivity index (χ3n) is 4.28. The first kappa shape index (κ1) is 19.6. The van der Waals surface area contributed by atoms with Crippen molar-refractivity contribution in [2.75, 3.05) is 5.73 Å². The summed E-state index contributed by atoms with van der Waals surface area (Å²) in [5, 5.41) is 10.2. The van der Waals surface area contributed by atoms with Gasteiger partial charge in [0.05, 0.1) is 34.2 Å². The molecular weight excluding hydrogens is 430 g/mol. The Morgan fingerprint density at radius 1 is 1.17 bits per heavy atom. The molecule has 148 valence electrons. The second kappa shape index (κ2) is 8.32. The molecule has 0 aromatic carbocycles. The van der Waals surface area contributed by atoms with E-state index in [4.69, 9.17) is 17.3 Å². The number of carboxylic acid groups (broad SMARTS) is 1. The van der Waals surface area contributed by atoms with E-state index in [-0.39, 0.29) is 6.42 Å². The summed E-state index contributed by atoms with van der Waals surface area (Å²) in [6.45, 7) is 0.601. The van der Waals surface area contributed by atoms with Gasteiger partial charge >= 0.3 is 5.97 Å². The van der Waals surface area contributed by atoms with Crippen molar-refractivity contribution in [3.05, 3.63) is 69.7 Å². The van der Waals surface area contributed by atoms with E-state index in [1.54, 1.807) is 36.0 Å². The van der Waals surface area contributed by atoms with Gasteiger partial charge in [-0.15, -0.1) is 22.7 Å². The van der Waals surface area contributed by atoms with Crippen molar-refractivity contribution in [3.63, 3.8) is 0 Å². The summed E-state index contributed by atoms with van der Waals surface area (Å²) >= 11 is 9.10. The van der Waals surface area contributed by atoms with Gasteiger partial charge in [0.1, 0.15) is 10.8 Å². The number of aromatic nitrogens is 4. The molecule has 1 unspecified atom stereocenters. The van der Waals surface area contributed by atoms with Gasteiger partial charge in [-0.25, -0.2) is 15.0 Å². The van der Waals surface area contributed by atoms with E-state index in [9.17, 15) is 9.90 Å². The van der Waals surface area contributed by atoms with Crippen molar-refractivity contribution in [2.45, 2.75) is 18.9 Å². The fourth-order valence-electron chi connectivity index (χ4n) is 2.94. The number of carbonyl (C=O) groups is 1. The van der Waals surface area contributed by atoms with Crippen molar-refractivity contribution in [2.24, 2.45) is 0 Å². The number of hydrogen-bond donors (Lipinski definition) is 2. The number of halogens is 1. The van der Waals surface area contributed by atoms with Gasteiger partial charge in [0, 0.05) is 29.4 Å². The zero-order valence-electron chi connectivity index (χ0n) is 15.0. The van der Waals surface area contributed by atoms with Crippen LogP contribution >= 0.6 is 34.3 Å². The number of pyridine rings is 1. The molecule has 4 heterocycles. The van der Waals surface area contributed by atoms with Gasteiger partial charge in [-0.2, -0.15) is 0 Å². The van der Waals surface area contributed by atoms with Crippen LogP contribution in [0.4, 0.5) is 5.82 Å². The first-order valence-electron chi connectivity index (χ1n) is 8.63. The lowest BCUT2D eigenvalue weighted by Gasteiger charge is -2.12. The number of hydrogen-bond acceptors (Lipinski definition) is 7. The number of carboxylic acids is 1. The van der Waals surface area contributed by atoms with Gasteiger partial charge in [-0.3, -0.25) is 4.79 Å². The van der Waals surface area contributed by atoms with Gasteiger partial charge in [0.2, 0.25) is 0 Å². The van der Waals surface area contributed by atoms with Gasteiger partial charge in [-0.1, -0.05) is 17.7 Å². The van der Waals surface area contributed by atoms with Gasteiger partial charge in [-0.05, 0) is 23.8 Å². The second-order valence-electron chi connectivity index (χ2n) is 6.37. The Labute approximate surface area is 179 Å². The van der Waals surface area contributed by atoms with Crippen LogP contribution in [0.5, 0.6) is 0 Å². The van der Waals surface area contributed by atoms with Crippen molar-refractivity contribution >= 4 is 46.1 Å². The van der Waals surface area contributed by atoms with E-state index >= 15 is 0 Å². The minimum absolute atomic E-state index is 0.0769. The molecule has 4 aromatic rings. The lowest BCUT2D eigenvalue weighted by atomic mass is 9.94. The topological polar surface area (TPSA) is 107 Å². The maximum Gasteiger partial charge on any atom is 0.304 e. The highest BCUT2D eigenvalue weighted by molar-refractivity contribution is 7.23. The van der Waals surface area contributed by atoms with E-state index in [2.05, 4.69) is 15.0 Å².